The van der Waals surface area contributed by atoms with Gasteiger partial charge in [0.25, 0.3) is 5.56 Å². The molecule has 0 radical (unpaired) electrons. The van der Waals surface area contributed by atoms with E-state index in [9.17, 15) is 4.79 Å². The van der Waals surface area contributed by atoms with Gasteiger partial charge in [-0.05, 0) is 36.3 Å². The Morgan fingerprint density at radius 3 is 2.81 bits per heavy atom. The molecule has 0 saturated carbocycles. The molecule has 136 valence electrons. The van der Waals surface area contributed by atoms with Crippen LogP contribution in [0.15, 0.2) is 45.8 Å². The predicted octanol–water partition coefficient (Wildman–Crippen LogP) is 2.47. The maximum atomic E-state index is 13.0. The molecular formula is C21H18N2O4. The molecule has 0 atom stereocenters. The van der Waals surface area contributed by atoms with Crippen LogP contribution in [0.1, 0.15) is 30.0 Å². The molecule has 3 aromatic rings. The smallest absolute Gasteiger partial charge is 0.261 e. The van der Waals surface area contributed by atoms with E-state index in [1.165, 1.54) is 0 Å². The van der Waals surface area contributed by atoms with Crippen molar-refractivity contribution in [2.45, 2.75) is 31.6 Å². The molecule has 1 spiro atoms. The lowest BCUT2D eigenvalue weighted by atomic mass is 10.1. The van der Waals surface area contributed by atoms with Crippen molar-refractivity contribution in [3.8, 4) is 11.8 Å². The van der Waals surface area contributed by atoms with E-state index in [2.05, 4.69) is 11.8 Å². The molecule has 0 bridgehead atoms. The molecule has 0 aliphatic carbocycles. The Bertz CT molecular complexity index is 1110. The molecule has 2 aliphatic rings. The van der Waals surface area contributed by atoms with Crippen LogP contribution < -0.4 is 5.56 Å². The van der Waals surface area contributed by atoms with Crippen LogP contribution in [0.2, 0.25) is 0 Å². The van der Waals surface area contributed by atoms with E-state index in [1.807, 2.05) is 18.2 Å². The number of benzene rings is 1. The standard InChI is InChI=1S/C21H18N2O4/c24-20-17-6-4-15(3-5-16-2-1-11-25-16)14-18(17)22-19-7-8-21(9-10-23(19)20)26-12-13-27-21/h1-2,4,6,11,14H,7-10,12-13H2. The van der Waals surface area contributed by atoms with Crippen molar-refractivity contribution in [3.63, 3.8) is 0 Å². The molecule has 1 aromatic carbocycles. The molecule has 6 nitrogen and oxygen atoms in total. The molecule has 6 heteroatoms. The number of aryl methyl sites for hydroxylation is 1. The maximum absolute atomic E-state index is 13.0. The molecule has 2 aromatic heterocycles. The second-order valence-corrected chi connectivity index (χ2v) is 6.80. The Hall–Kier alpha value is -2.88. The molecule has 1 fully saturated rings. The van der Waals surface area contributed by atoms with Crippen molar-refractivity contribution >= 4 is 10.9 Å². The van der Waals surface area contributed by atoms with Crippen LogP contribution in [-0.2, 0) is 22.4 Å². The van der Waals surface area contributed by atoms with Crippen LogP contribution in [0.5, 0.6) is 0 Å². The van der Waals surface area contributed by atoms with Gasteiger partial charge >= 0.3 is 0 Å². The van der Waals surface area contributed by atoms with Crippen molar-refractivity contribution in [2.75, 3.05) is 13.2 Å². The first-order valence-corrected chi connectivity index (χ1v) is 9.09. The summed E-state index contributed by atoms with van der Waals surface area (Å²) in [5, 5.41) is 0.603. The van der Waals surface area contributed by atoms with E-state index in [1.54, 1.807) is 23.0 Å². The highest BCUT2D eigenvalue weighted by molar-refractivity contribution is 5.79. The highest BCUT2D eigenvalue weighted by Crippen LogP contribution is 2.31. The van der Waals surface area contributed by atoms with Crippen LogP contribution >= 0.6 is 0 Å². The van der Waals surface area contributed by atoms with Crippen LogP contribution in [0, 0.1) is 11.8 Å². The lowest BCUT2D eigenvalue weighted by Gasteiger charge is -2.24. The molecule has 0 unspecified atom stereocenters. The molecule has 0 amide bonds. The second kappa shape index (κ2) is 6.38. The number of hydrogen-bond acceptors (Lipinski definition) is 5. The number of fused-ring (bicyclic) bond motifs is 2. The predicted molar refractivity (Wildman–Crippen MR) is 98.3 cm³/mol. The average Bonchev–Trinajstić information content (AvgIpc) is 3.33. The lowest BCUT2D eigenvalue weighted by molar-refractivity contribution is -0.165. The number of aromatic nitrogens is 2. The zero-order chi connectivity index (χ0) is 18.3. The summed E-state index contributed by atoms with van der Waals surface area (Å²) in [6, 6.07) is 9.11. The van der Waals surface area contributed by atoms with Crippen molar-refractivity contribution in [2.24, 2.45) is 0 Å². The number of furan rings is 1. The fourth-order valence-corrected chi connectivity index (χ4v) is 3.74. The zero-order valence-electron chi connectivity index (χ0n) is 14.7. The summed E-state index contributed by atoms with van der Waals surface area (Å²) < 4.78 is 18.6. The Labute approximate surface area is 155 Å². The van der Waals surface area contributed by atoms with Crippen molar-refractivity contribution in [1.29, 1.82) is 0 Å². The van der Waals surface area contributed by atoms with E-state index in [4.69, 9.17) is 18.9 Å². The summed E-state index contributed by atoms with van der Waals surface area (Å²) in [4.78, 5) is 17.7. The first-order valence-electron chi connectivity index (χ1n) is 9.09. The summed E-state index contributed by atoms with van der Waals surface area (Å²) >= 11 is 0. The van der Waals surface area contributed by atoms with Crippen LogP contribution in [0.4, 0.5) is 0 Å². The minimum atomic E-state index is -0.563. The van der Waals surface area contributed by atoms with Gasteiger partial charge in [0.05, 0.1) is 30.4 Å². The number of ether oxygens (including phenoxy) is 2. The fourth-order valence-electron chi connectivity index (χ4n) is 3.74. The Balaban J connectivity index is 1.53. The average molecular weight is 362 g/mol. The molecule has 2 aliphatic heterocycles. The summed E-state index contributed by atoms with van der Waals surface area (Å²) in [7, 11) is 0. The van der Waals surface area contributed by atoms with Crippen molar-refractivity contribution < 1.29 is 13.9 Å². The summed E-state index contributed by atoms with van der Waals surface area (Å²) in [5.41, 5.74) is 1.44. The van der Waals surface area contributed by atoms with Gasteiger partial charge in [-0.25, -0.2) is 4.98 Å². The van der Waals surface area contributed by atoms with Gasteiger partial charge in [-0.2, -0.15) is 0 Å². The van der Waals surface area contributed by atoms with Gasteiger partial charge in [0.1, 0.15) is 5.82 Å². The summed E-state index contributed by atoms with van der Waals surface area (Å²) in [5.74, 6) is 6.84. The third-order valence-electron chi connectivity index (χ3n) is 5.14. The first kappa shape index (κ1) is 16.3. The van der Waals surface area contributed by atoms with Gasteiger partial charge < -0.3 is 13.9 Å². The quantitative estimate of drug-likeness (QED) is 0.575. The van der Waals surface area contributed by atoms with Crippen LogP contribution in [-0.4, -0.2) is 28.6 Å². The van der Waals surface area contributed by atoms with Gasteiger partial charge in [0.15, 0.2) is 11.5 Å². The fraction of sp³-hybridized carbons (Fsp3) is 0.333. The van der Waals surface area contributed by atoms with Gasteiger partial charge in [0.2, 0.25) is 0 Å². The molecule has 27 heavy (non-hydrogen) atoms. The number of nitrogens with zero attached hydrogens (tertiary/aromatic N) is 2. The first-order chi connectivity index (χ1) is 13.2. The van der Waals surface area contributed by atoms with Crippen molar-refractivity contribution in [1.82, 2.24) is 9.55 Å². The van der Waals surface area contributed by atoms with E-state index in [0.29, 0.717) is 55.7 Å². The lowest BCUT2D eigenvalue weighted by Crippen LogP contribution is -2.31. The minimum absolute atomic E-state index is 0.0180. The molecular weight excluding hydrogens is 344 g/mol. The minimum Gasteiger partial charge on any atom is -0.456 e. The topological polar surface area (TPSA) is 66.5 Å². The number of hydrogen-bond donors (Lipinski definition) is 0. The molecule has 5 rings (SSSR count). The normalized spacial score (nSPS) is 18.1. The van der Waals surface area contributed by atoms with E-state index < -0.39 is 5.79 Å². The van der Waals surface area contributed by atoms with Gasteiger partial charge in [-0.3, -0.25) is 9.36 Å². The summed E-state index contributed by atoms with van der Waals surface area (Å²) in [6.45, 7) is 1.77. The highest BCUT2D eigenvalue weighted by Gasteiger charge is 2.38. The molecule has 0 N–H and O–H groups in total. The third-order valence-corrected chi connectivity index (χ3v) is 5.14. The summed E-state index contributed by atoms with van der Waals surface area (Å²) in [6.07, 6.45) is 3.61. The monoisotopic (exact) mass is 362 g/mol. The largest absolute Gasteiger partial charge is 0.456 e. The highest BCUT2D eigenvalue weighted by atomic mass is 16.7. The van der Waals surface area contributed by atoms with E-state index in [-0.39, 0.29) is 5.56 Å². The van der Waals surface area contributed by atoms with Gasteiger partial charge in [0, 0.05) is 31.4 Å². The van der Waals surface area contributed by atoms with Crippen LogP contribution in [0.25, 0.3) is 10.9 Å². The third kappa shape index (κ3) is 2.95. The Kier molecular flexibility index (Phi) is 3.85. The Morgan fingerprint density at radius 2 is 2.00 bits per heavy atom. The van der Waals surface area contributed by atoms with Crippen LogP contribution in [0.3, 0.4) is 0 Å². The zero-order valence-corrected chi connectivity index (χ0v) is 14.7. The van der Waals surface area contributed by atoms with E-state index >= 15 is 0 Å². The number of rotatable bonds is 0. The molecule has 1 saturated heterocycles. The molecule has 4 heterocycles. The maximum Gasteiger partial charge on any atom is 0.261 e. The van der Waals surface area contributed by atoms with E-state index in [0.717, 1.165) is 11.4 Å². The SMILES string of the molecule is O=c1c2ccc(C#Cc3ccco3)cc2nc2n1CCC1(CC2)OCCO1. The van der Waals surface area contributed by atoms with Gasteiger partial charge in [-0.1, -0.05) is 5.92 Å². The van der Waals surface area contributed by atoms with Crippen molar-refractivity contribution in [3.05, 3.63) is 64.1 Å². The second-order valence-electron chi connectivity index (χ2n) is 6.80. The Morgan fingerprint density at radius 1 is 1.11 bits per heavy atom. The van der Waals surface area contributed by atoms with Gasteiger partial charge in [-0.15, -0.1) is 0 Å².